The molecule has 1 saturated heterocycles. The van der Waals surface area contributed by atoms with Gasteiger partial charge in [-0.2, -0.15) is 0 Å². The first-order valence-corrected chi connectivity index (χ1v) is 4.48. The molecule has 0 aromatic carbocycles. The molecule has 74 valence electrons. The third kappa shape index (κ3) is 2.41. The fourth-order valence-corrected chi connectivity index (χ4v) is 1.53. The third-order valence-electron chi connectivity index (χ3n) is 2.54. The molecule has 0 N–H and O–H groups in total. The van der Waals surface area contributed by atoms with Crippen molar-refractivity contribution in [2.75, 3.05) is 13.1 Å². The van der Waals surface area contributed by atoms with Gasteiger partial charge in [0, 0.05) is 13.0 Å². The number of piperidine rings is 1. The molecule has 0 bridgehead atoms. The highest BCUT2D eigenvalue weighted by atomic mass is 19.3. The Balaban J connectivity index is 2.68. The van der Waals surface area contributed by atoms with Crippen LogP contribution in [-0.2, 0) is 0 Å². The van der Waals surface area contributed by atoms with Crippen LogP contribution in [0.1, 0.15) is 26.7 Å². The monoisotopic (exact) mass is 187 g/mol. The van der Waals surface area contributed by atoms with Gasteiger partial charge in [0.15, 0.2) is 0 Å². The second-order valence-electron chi connectivity index (χ2n) is 4.08. The second kappa shape index (κ2) is 3.26. The number of likely N-dealkylation sites (tertiary alicyclic amines) is 1. The normalized spacial score (nSPS) is 23.9. The molecule has 0 saturated carbocycles. The van der Waals surface area contributed by atoms with E-state index in [1.807, 2.05) is 0 Å². The van der Waals surface area contributed by atoms with Crippen LogP contribution in [0.5, 0.6) is 0 Å². The van der Waals surface area contributed by atoms with Crippen LogP contribution in [0.25, 0.3) is 0 Å². The van der Waals surface area contributed by atoms with Crippen molar-refractivity contribution >= 4 is 0 Å². The maximum atomic E-state index is 13.0. The van der Waals surface area contributed by atoms with Crippen molar-refractivity contribution in [3.8, 4) is 12.3 Å². The average Bonchev–Trinajstić information content (AvgIpc) is 2.03. The number of terminal acetylenes is 1. The standard InChI is InChI=1S/C10H15F2N/c1-4-9(2,3)13-7-5-6-10(11,12)8-13/h1H,5-8H2,2-3H3. The predicted molar refractivity (Wildman–Crippen MR) is 48.7 cm³/mol. The number of nitrogens with zero attached hydrogens (tertiary/aromatic N) is 1. The van der Waals surface area contributed by atoms with E-state index in [4.69, 9.17) is 6.42 Å². The molecule has 3 heteroatoms. The smallest absolute Gasteiger partial charge is 0.260 e. The van der Waals surface area contributed by atoms with E-state index in [0.29, 0.717) is 13.0 Å². The summed E-state index contributed by atoms with van der Waals surface area (Å²) in [5, 5.41) is 0. The maximum Gasteiger partial charge on any atom is 0.260 e. The lowest BCUT2D eigenvalue weighted by Gasteiger charge is -2.40. The highest BCUT2D eigenvalue weighted by molar-refractivity contribution is 5.09. The summed E-state index contributed by atoms with van der Waals surface area (Å²) < 4.78 is 26.0. The molecule has 1 fully saturated rings. The molecule has 0 aromatic rings. The molecular formula is C10H15F2N. The molecule has 1 nitrogen and oxygen atoms in total. The van der Waals surface area contributed by atoms with Crippen molar-refractivity contribution in [3.63, 3.8) is 0 Å². The lowest BCUT2D eigenvalue weighted by molar-refractivity contribution is -0.0802. The Morgan fingerprint density at radius 3 is 2.54 bits per heavy atom. The molecule has 1 aliphatic rings. The molecule has 0 atom stereocenters. The van der Waals surface area contributed by atoms with Crippen LogP contribution in [0.15, 0.2) is 0 Å². The minimum absolute atomic E-state index is 0.00977. The molecule has 1 rings (SSSR count). The van der Waals surface area contributed by atoms with Crippen LogP contribution in [-0.4, -0.2) is 29.5 Å². The highest BCUT2D eigenvalue weighted by Crippen LogP contribution is 2.30. The third-order valence-corrected chi connectivity index (χ3v) is 2.54. The molecule has 0 amide bonds. The van der Waals surface area contributed by atoms with Gasteiger partial charge in [-0.05, 0) is 20.3 Å². The molecule has 0 aliphatic carbocycles. The van der Waals surface area contributed by atoms with Gasteiger partial charge in [0.05, 0.1) is 12.1 Å². The lowest BCUT2D eigenvalue weighted by atomic mass is 9.98. The molecule has 13 heavy (non-hydrogen) atoms. The predicted octanol–water partition coefficient (Wildman–Crippen LogP) is 2.13. The van der Waals surface area contributed by atoms with Crippen LogP contribution >= 0.6 is 0 Å². The van der Waals surface area contributed by atoms with E-state index in [-0.39, 0.29) is 13.0 Å². The van der Waals surface area contributed by atoms with E-state index in [0.717, 1.165) is 0 Å². The van der Waals surface area contributed by atoms with Gasteiger partial charge >= 0.3 is 0 Å². The molecular weight excluding hydrogens is 172 g/mol. The summed E-state index contributed by atoms with van der Waals surface area (Å²) >= 11 is 0. The van der Waals surface area contributed by atoms with Crippen molar-refractivity contribution < 1.29 is 8.78 Å². The van der Waals surface area contributed by atoms with Crippen LogP contribution in [0.4, 0.5) is 8.78 Å². The number of halogens is 2. The van der Waals surface area contributed by atoms with Crippen LogP contribution in [0.2, 0.25) is 0 Å². The first-order valence-electron chi connectivity index (χ1n) is 4.48. The number of alkyl halides is 2. The van der Waals surface area contributed by atoms with Crippen molar-refractivity contribution in [2.24, 2.45) is 0 Å². The number of hydrogen-bond donors (Lipinski definition) is 0. The Bertz CT molecular complexity index is 228. The summed E-state index contributed by atoms with van der Waals surface area (Å²) in [6.45, 7) is 4.07. The van der Waals surface area contributed by atoms with Gasteiger partial charge in [-0.3, -0.25) is 4.90 Å². The van der Waals surface area contributed by atoms with Crippen molar-refractivity contribution in [1.82, 2.24) is 4.90 Å². The van der Waals surface area contributed by atoms with Crippen LogP contribution < -0.4 is 0 Å². The highest BCUT2D eigenvalue weighted by Gasteiger charge is 2.39. The van der Waals surface area contributed by atoms with E-state index >= 15 is 0 Å². The fourth-order valence-electron chi connectivity index (χ4n) is 1.53. The van der Waals surface area contributed by atoms with E-state index in [1.54, 1.807) is 18.7 Å². The molecule has 1 aliphatic heterocycles. The quantitative estimate of drug-likeness (QED) is 0.568. The Labute approximate surface area is 78.1 Å². The van der Waals surface area contributed by atoms with Gasteiger partial charge < -0.3 is 0 Å². The largest absolute Gasteiger partial charge is 0.282 e. The Morgan fingerprint density at radius 1 is 1.46 bits per heavy atom. The zero-order valence-corrected chi connectivity index (χ0v) is 8.11. The van der Waals surface area contributed by atoms with E-state index in [1.165, 1.54) is 0 Å². The summed E-state index contributed by atoms with van der Waals surface area (Å²) in [5.74, 6) is -0.0217. The number of rotatable bonds is 1. The zero-order valence-electron chi connectivity index (χ0n) is 8.11. The Kier molecular flexibility index (Phi) is 2.63. The minimum atomic E-state index is -2.56. The van der Waals surface area contributed by atoms with Crippen molar-refractivity contribution in [2.45, 2.75) is 38.2 Å². The van der Waals surface area contributed by atoms with Crippen molar-refractivity contribution in [1.29, 1.82) is 0 Å². The van der Waals surface area contributed by atoms with Gasteiger partial charge in [0.25, 0.3) is 5.92 Å². The topological polar surface area (TPSA) is 3.24 Å². The molecule has 0 spiro atoms. The SMILES string of the molecule is C#CC(C)(C)N1CCCC(F)(F)C1. The fraction of sp³-hybridized carbons (Fsp3) is 0.800. The zero-order chi connectivity index (χ0) is 10.1. The van der Waals surface area contributed by atoms with Crippen LogP contribution in [0, 0.1) is 12.3 Å². The first-order chi connectivity index (χ1) is 5.87. The number of hydrogen-bond acceptors (Lipinski definition) is 1. The summed E-state index contributed by atoms with van der Waals surface area (Å²) in [5.41, 5.74) is -0.552. The van der Waals surface area contributed by atoms with Crippen LogP contribution in [0.3, 0.4) is 0 Å². The summed E-state index contributed by atoms with van der Waals surface area (Å²) in [4.78, 5) is 1.68. The van der Waals surface area contributed by atoms with E-state index in [9.17, 15) is 8.78 Å². The van der Waals surface area contributed by atoms with Gasteiger partial charge in [-0.25, -0.2) is 8.78 Å². The minimum Gasteiger partial charge on any atom is -0.282 e. The summed E-state index contributed by atoms with van der Waals surface area (Å²) in [6.07, 6.45) is 5.81. The van der Waals surface area contributed by atoms with Crippen molar-refractivity contribution in [3.05, 3.63) is 0 Å². The molecule has 0 radical (unpaired) electrons. The lowest BCUT2D eigenvalue weighted by Crippen LogP contribution is -2.52. The first kappa shape index (κ1) is 10.5. The second-order valence-corrected chi connectivity index (χ2v) is 4.08. The molecule has 0 aromatic heterocycles. The Morgan fingerprint density at radius 2 is 2.08 bits per heavy atom. The van der Waals surface area contributed by atoms with Gasteiger partial charge in [0.1, 0.15) is 0 Å². The summed E-state index contributed by atoms with van der Waals surface area (Å²) in [7, 11) is 0. The summed E-state index contributed by atoms with van der Waals surface area (Å²) in [6, 6.07) is 0. The maximum absolute atomic E-state index is 13.0. The average molecular weight is 187 g/mol. The van der Waals surface area contributed by atoms with E-state index < -0.39 is 11.5 Å². The van der Waals surface area contributed by atoms with Gasteiger partial charge in [0.2, 0.25) is 0 Å². The molecule has 0 unspecified atom stereocenters. The van der Waals surface area contributed by atoms with Gasteiger partial charge in [-0.1, -0.05) is 5.92 Å². The van der Waals surface area contributed by atoms with Gasteiger partial charge in [-0.15, -0.1) is 6.42 Å². The molecule has 1 heterocycles. The Hall–Kier alpha value is -0.620. The van der Waals surface area contributed by atoms with E-state index in [2.05, 4.69) is 5.92 Å².